The topological polar surface area (TPSA) is 59.0 Å². The molecule has 1 atom stereocenters. The van der Waals surface area contributed by atoms with E-state index in [-0.39, 0.29) is 6.04 Å². The molecule has 0 spiro atoms. The molecule has 0 heterocycles. The molecule has 0 aromatic heterocycles. The van der Waals surface area contributed by atoms with E-state index in [9.17, 15) is 0 Å². The summed E-state index contributed by atoms with van der Waals surface area (Å²) in [7, 11) is 0. The molecule has 0 fully saturated rings. The van der Waals surface area contributed by atoms with Crippen LogP contribution in [0.1, 0.15) is 24.1 Å². The Morgan fingerprint density at radius 1 is 1.00 bits per heavy atom. The standard InChI is InChI=1S/C15H14N2O/c1-11(17)13-4-8-15(9-5-13)18-14-6-2-12(10-16)3-7-14/h2-9,11H,17H2,1H3/t11-/m1/s1. The zero-order chi connectivity index (χ0) is 13.0. The second-order valence-corrected chi connectivity index (χ2v) is 4.10. The summed E-state index contributed by atoms with van der Waals surface area (Å²) in [4.78, 5) is 0. The highest BCUT2D eigenvalue weighted by Crippen LogP contribution is 2.23. The lowest BCUT2D eigenvalue weighted by Gasteiger charge is -2.08. The molecule has 0 saturated carbocycles. The second kappa shape index (κ2) is 5.35. The Bertz CT molecular complexity index is 551. The van der Waals surface area contributed by atoms with Crippen LogP contribution in [0.5, 0.6) is 11.5 Å². The molecule has 2 rings (SSSR count). The molecule has 0 unspecified atom stereocenters. The van der Waals surface area contributed by atoms with E-state index >= 15 is 0 Å². The van der Waals surface area contributed by atoms with Crippen LogP contribution in [-0.4, -0.2) is 0 Å². The summed E-state index contributed by atoms with van der Waals surface area (Å²) in [6, 6.07) is 16.8. The first-order valence-electron chi connectivity index (χ1n) is 5.72. The minimum absolute atomic E-state index is 0.0222. The van der Waals surface area contributed by atoms with Crippen LogP contribution in [0.4, 0.5) is 0 Å². The van der Waals surface area contributed by atoms with Crippen LogP contribution in [0.2, 0.25) is 0 Å². The average Bonchev–Trinajstić information content (AvgIpc) is 2.40. The highest BCUT2D eigenvalue weighted by Gasteiger charge is 2.01. The maximum Gasteiger partial charge on any atom is 0.127 e. The van der Waals surface area contributed by atoms with Crippen molar-refractivity contribution in [1.82, 2.24) is 0 Å². The highest BCUT2D eigenvalue weighted by molar-refractivity contribution is 5.38. The normalized spacial score (nSPS) is 11.6. The lowest BCUT2D eigenvalue weighted by molar-refractivity contribution is 0.482. The van der Waals surface area contributed by atoms with Crippen molar-refractivity contribution in [2.45, 2.75) is 13.0 Å². The largest absolute Gasteiger partial charge is 0.457 e. The molecule has 0 amide bonds. The van der Waals surface area contributed by atoms with Crippen LogP contribution < -0.4 is 10.5 Å². The van der Waals surface area contributed by atoms with Crippen LogP contribution >= 0.6 is 0 Å². The van der Waals surface area contributed by atoms with Gasteiger partial charge in [0.05, 0.1) is 11.6 Å². The summed E-state index contributed by atoms with van der Waals surface area (Å²) in [6.45, 7) is 1.94. The van der Waals surface area contributed by atoms with Gasteiger partial charge < -0.3 is 10.5 Å². The molecule has 18 heavy (non-hydrogen) atoms. The van der Waals surface area contributed by atoms with Crippen molar-refractivity contribution < 1.29 is 4.74 Å². The van der Waals surface area contributed by atoms with Gasteiger partial charge in [0.15, 0.2) is 0 Å². The molecule has 0 aliphatic carbocycles. The zero-order valence-corrected chi connectivity index (χ0v) is 10.1. The van der Waals surface area contributed by atoms with Crippen LogP contribution in [0.25, 0.3) is 0 Å². The molecule has 3 heteroatoms. The van der Waals surface area contributed by atoms with Gasteiger partial charge in [-0.25, -0.2) is 0 Å². The molecule has 2 N–H and O–H groups in total. The van der Waals surface area contributed by atoms with Crippen LogP contribution in [0.15, 0.2) is 48.5 Å². The Labute approximate surface area is 106 Å². The van der Waals surface area contributed by atoms with E-state index in [0.717, 1.165) is 11.3 Å². The van der Waals surface area contributed by atoms with Gasteiger partial charge >= 0.3 is 0 Å². The van der Waals surface area contributed by atoms with E-state index in [0.29, 0.717) is 11.3 Å². The average molecular weight is 238 g/mol. The molecular weight excluding hydrogens is 224 g/mol. The van der Waals surface area contributed by atoms with Gasteiger partial charge in [-0.05, 0) is 48.9 Å². The molecule has 0 aliphatic rings. The summed E-state index contributed by atoms with van der Waals surface area (Å²) in [6.07, 6.45) is 0. The highest BCUT2D eigenvalue weighted by atomic mass is 16.5. The van der Waals surface area contributed by atoms with Crippen molar-refractivity contribution in [2.24, 2.45) is 5.73 Å². The lowest BCUT2D eigenvalue weighted by atomic mass is 10.1. The SMILES string of the molecule is C[C@@H](N)c1ccc(Oc2ccc(C#N)cc2)cc1. The third-order valence-corrected chi connectivity index (χ3v) is 2.63. The maximum atomic E-state index is 8.70. The first kappa shape index (κ1) is 12.2. The molecule has 0 bridgehead atoms. The van der Waals surface area contributed by atoms with Crippen LogP contribution in [0, 0.1) is 11.3 Å². The molecule has 0 radical (unpaired) electrons. The summed E-state index contributed by atoms with van der Waals surface area (Å²) in [5.74, 6) is 1.46. The van der Waals surface area contributed by atoms with Gasteiger partial charge in [-0.2, -0.15) is 5.26 Å². The predicted molar refractivity (Wildman–Crippen MR) is 70.3 cm³/mol. The number of nitrogens with zero attached hydrogens (tertiary/aromatic N) is 1. The summed E-state index contributed by atoms with van der Waals surface area (Å²) < 4.78 is 5.66. The Kier molecular flexibility index (Phi) is 3.61. The number of benzene rings is 2. The fraction of sp³-hybridized carbons (Fsp3) is 0.133. The van der Waals surface area contributed by atoms with Gasteiger partial charge in [-0.3, -0.25) is 0 Å². The van der Waals surface area contributed by atoms with Crippen molar-refractivity contribution >= 4 is 0 Å². The van der Waals surface area contributed by atoms with Gasteiger partial charge in [0.1, 0.15) is 11.5 Å². The Morgan fingerprint density at radius 2 is 1.50 bits per heavy atom. The van der Waals surface area contributed by atoms with Gasteiger partial charge in [-0.1, -0.05) is 12.1 Å². The quantitative estimate of drug-likeness (QED) is 0.891. The maximum absolute atomic E-state index is 8.70. The van der Waals surface area contributed by atoms with E-state index in [1.54, 1.807) is 24.3 Å². The molecule has 0 aliphatic heterocycles. The first-order valence-corrected chi connectivity index (χ1v) is 5.72. The summed E-state index contributed by atoms with van der Waals surface area (Å²) in [5, 5.41) is 8.70. The molecule has 2 aromatic rings. The number of ether oxygens (including phenoxy) is 1. The van der Waals surface area contributed by atoms with Crippen molar-refractivity contribution in [3.63, 3.8) is 0 Å². The molecule has 3 nitrogen and oxygen atoms in total. The van der Waals surface area contributed by atoms with Crippen molar-refractivity contribution in [3.8, 4) is 17.6 Å². The molecule has 2 aromatic carbocycles. The Morgan fingerprint density at radius 3 is 1.94 bits per heavy atom. The minimum Gasteiger partial charge on any atom is -0.457 e. The Balaban J connectivity index is 2.11. The van der Waals surface area contributed by atoms with E-state index in [1.807, 2.05) is 31.2 Å². The van der Waals surface area contributed by atoms with E-state index in [1.165, 1.54) is 0 Å². The van der Waals surface area contributed by atoms with Crippen molar-refractivity contribution in [1.29, 1.82) is 5.26 Å². The number of nitrogens with two attached hydrogens (primary N) is 1. The van der Waals surface area contributed by atoms with Crippen LogP contribution in [-0.2, 0) is 0 Å². The fourth-order valence-electron chi connectivity index (χ4n) is 1.57. The number of hydrogen-bond donors (Lipinski definition) is 1. The first-order chi connectivity index (χ1) is 8.69. The summed E-state index contributed by atoms with van der Waals surface area (Å²) >= 11 is 0. The fourth-order valence-corrected chi connectivity index (χ4v) is 1.57. The summed E-state index contributed by atoms with van der Waals surface area (Å²) in [5.41, 5.74) is 7.47. The number of rotatable bonds is 3. The monoisotopic (exact) mass is 238 g/mol. The second-order valence-electron chi connectivity index (χ2n) is 4.10. The van der Waals surface area contributed by atoms with E-state index in [4.69, 9.17) is 15.7 Å². The number of hydrogen-bond acceptors (Lipinski definition) is 3. The van der Waals surface area contributed by atoms with E-state index < -0.39 is 0 Å². The predicted octanol–water partition coefficient (Wildman–Crippen LogP) is 3.37. The minimum atomic E-state index is 0.0222. The van der Waals surface area contributed by atoms with Crippen molar-refractivity contribution in [3.05, 3.63) is 59.7 Å². The smallest absolute Gasteiger partial charge is 0.127 e. The van der Waals surface area contributed by atoms with E-state index in [2.05, 4.69) is 6.07 Å². The zero-order valence-electron chi connectivity index (χ0n) is 10.1. The van der Waals surface area contributed by atoms with Crippen LogP contribution in [0.3, 0.4) is 0 Å². The molecule has 0 saturated heterocycles. The number of nitriles is 1. The molecular formula is C15H14N2O. The third-order valence-electron chi connectivity index (χ3n) is 2.63. The van der Waals surface area contributed by atoms with Gasteiger partial charge in [0.25, 0.3) is 0 Å². The van der Waals surface area contributed by atoms with Gasteiger partial charge in [0, 0.05) is 6.04 Å². The third kappa shape index (κ3) is 2.88. The lowest BCUT2D eigenvalue weighted by Crippen LogP contribution is -2.04. The van der Waals surface area contributed by atoms with Gasteiger partial charge in [-0.15, -0.1) is 0 Å². The van der Waals surface area contributed by atoms with Crippen molar-refractivity contribution in [2.75, 3.05) is 0 Å². The van der Waals surface area contributed by atoms with Gasteiger partial charge in [0.2, 0.25) is 0 Å². The Hall–Kier alpha value is -2.31. The molecule has 90 valence electrons.